The first-order valence-electron chi connectivity index (χ1n) is 20.3. The molecule has 9 rings (SSSR count). The number of piperazine rings is 1. The predicted octanol–water partition coefficient (Wildman–Crippen LogP) is 5.95. The van der Waals surface area contributed by atoms with E-state index >= 15 is 0 Å². The number of hydrogen-bond donors (Lipinski definition) is 2. The van der Waals surface area contributed by atoms with Gasteiger partial charge in [0.05, 0.1) is 23.9 Å². The summed E-state index contributed by atoms with van der Waals surface area (Å²) in [5.74, 6) is 1.19. The first-order valence-corrected chi connectivity index (χ1v) is 20.3. The Kier molecular flexibility index (Phi) is 10.3. The number of piperidine rings is 1. The van der Waals surface area contributed by atoms with Crippen molar-refractivity contribution in [2.45, 2.75) is 62.9 Å². The van der Waals surface area contributed by atoms with Crippen LogP contribution >= 0.6 is 0 Å². The molecule has 56 heavy (non-hydrogen) atoms. The molecule has 3 aromatic heterocycles. The zero-order chi connectivity index (χ0) is 38.2. The summed E-state index contributed by atoms with van der Waals surface area (Å²) >= 11 is 0. The molecule has 2 unspecified atom stereocenters. The minimum Gasteiger partial charge on any atom is -0.465 e. The first-order chi connectivity index (χ1) is 27.3. The van der Waals surface area contributed by atoms with E-state index in [2.05, 4.69) is 45.1 Å². The fourth-order valence-corrected chi connectivity index (χ4v) is 8.71. The molecule has 5 aromatic rings. The third-order valence-electron chi connectivity index (χ3n) is 12.1. The molecule has 1 amide bonds. The van der Waals surface area contributed by atoms with Crippen molar-refractivity contribution in [2.24, 2.45) is 13.0 Å². The number of fused-ring (bicyclic) bond motifs is 2. The number of hydrogen-bond acceptors (Lipinski definition) is 9. The lowest BCUT2D eigenvalue weighted by Crippen LogP contribution is -2.50. The second-order valence-corrected chi connectivity index (χ2v) is 15.9. The molecule has 2 N–H and O–H groups in total. The van der Waals surface area contributed by atoms with Gasteiger partial charge in [-0.3, -0.25) is 9.69 Å². The summed E-state index contributed by atoms with van der Waals surface area (Å²) in [6, 6.07) is 18.6. The number of aryl methyl sites for hydroxylation is 1. The molecule has 2 atom stereocenters. The van der Waals surface area contributed by atoms with Crippen molar-refractivity contribution in [2.75, 3.05) is 63.9 Å². The average Bonchev–Trinajstić information content (AvgIpc) is 3.92. The maximum Gasteiger partial charge on any atom is 0.407 e. The molecule has 3 saturated heterocycles. The Balaban J connectivity index is 1.12. The summed E-state index contributed by atoms with van der Waals surface area (Å²) in [4.78, 5) is 44.6. The van der Waals surface area contributed by atoms with Crippen LogP contribution in [0.5, 0.6) is 0 Å². The highest BCUT2D eigenvalue weighted by atomic mass is 16.7. The standard InChI is InChI=1S/C43H51N7O6/c1-47-27-35(33-14-17-44-38(33)40(47)51)30-10-13-36-34(25-30)39(43(56-32-11-12-32,31-7-3-2-4-8-31)28-55-37-9-5-6-24-54-37)46-41(45-36)49-18-15-29(16-19-49)26-48-20-22-50(23-21-48)42(52)53/h2-4,7-8,10,13-14,17,25,27,29,32,37,44H,5-6,9,11-12,15-16,18-24,26,28H2,1H3,(H,52,53). The summed E-state index contributed by atoms with van der Waals surface area (Å²) in [5.41, 5.74) is 3.88. The monoisotopic (exact) mass is 761 g/mol. The van der Waals surface area contributed by atoms with Gasteiger partial charge in [0.1, 0.15) is 5.52 Å². The smallest absolute Gasteiger partial charge is 0.407 e. The average molecular weight is 762 g/mol. The Morgan fingerprint density at radius 3 is 2.48 bits per heavy atom. The van der Waals surface area contributed by atoms with Crippen LogP contribution in [-0.4, -0.2) is 112 Å². The molecule has 0 radical (unpaired) electrons. The molecule has 1 aliphatic carbocycles. The van der Waals surface area contributed by atoms with Crippen molar-refractivity contribution in [3.8, 4) is 11.1 Å². The van der Waals surface area contributed by atoms with Gasteiger partial charge in [-0.2, -0.15) is 0 Å². The van der Waals surface area contributed by atoms with Crippen LogP contribution in [0.15, 0.2) is 71.8 Å². The molecule has 6 heterocycles. The molecule has 4 aliphatic rings. The highest BCUT2D eigenvalue weighted by molar-refractivity contribution is 5.97. The van der Waals surface area contributed by atoms with Crippen LogP contribution in [0, 0.1) is 5.92 Å². The number of anilines is 1. The number of rotatable bonds is 11. The number of ether oxygens (including phenoxy) is 3. The molecule has 13 nitrogen and oxygen atoms in total. The third-order valence-corrected chi connectivity index (χ3v) is 12.1. The lowest BCUT2D eigenvalue weighted by molar-refractivity contribution is -0.197. The Morgan fingerprint density at radius 2 is 1.75 bits per heavy atom. The van der Waals surface area contributed by atoms with E-state index in [1.807, 2.05) is 36.7 Å². The van der Waals surface area contributed by atoms with Crippen LogP contribution < -0.4 is 10.5 Å². The molecule has 0 spiro atoms. The van der Waals surface area contributed by atoms with Crippen molar-refractivity contribution in [1.29, 1.82) is 0 Å². The van der Waals surface area contributed by atoms with Gasteiger partial charge in [-0.25, -0.2) is 14.8 Å². The summed E-state index contributed by atoms with van der Waals surface area (Å²) < 4.78 is 21.7. The first kappa shape index (κ1) is 36.8. The summed E-state index contributed by atoms with van der Waals surface area (Å²) in [7, 11) is 1.78. The number of nitrogens with one attached hydrogen (secondary N) is 1. The lowest BCUT2D eigenvalue weighted by atomic mass is 9.87. The number of nitrogens with zero attached hydrogens (tertiary/aromatic N) is 6. The van der Waals surface area contributed by atoms with Crippen LogP contribution in [0.3, 0.4) is 0 Å². The van der Waals surface area contributed by atoms with Crippen LogP contribution in [0.1, 0.15) is 56.2 Å². The molecule has 294 valence electrons. The number of carbonyl (C=O) groups is 1. The van der Waals surface area contributed by atoms with E-state index in [1.165, 1.54) is 4.90 Å². The van der Waals surface area contributed by atoms with Gasteiger partial charge in [-0.05, 0) is 80.2 Å². The minimum atomic E-state index is -1.05. The van der Waals surface area contributed by atoms with Crippen molar-refractivity contribution >= 4 is 33.8 Å². The number of aromatic amines is 1. The van der Waals surface area contributed by atoms with Gasteiger partial charge in [-0.1, -0.05) is 36.4 Å². The largest absolute Gasteiger partial charge is 0.465 e. The van der Waals surface area contributed by atoms with Crippen molar-refractivity contribution in [1.82, 2.24) is 29.3 Å². The van der Waals surface area contributed by atoms with Crippen molar-refractivity contribution in [3.63, 3.8) is 0 Å². The highest BCUT2D eigenvalue weighted by Gasteiger charge is 2.45. The molecule has 0 bridgehead atoms. The van der Waals surface area contributed by atoms with Gasteiger partial charge in [0.2, 0.25) is 5.95 Å². The fourth-order valence-electron chi connectivity index (χ4n) is 8.71. The summed E-state index contributed by atoms with van der Waals surface area (Å²) in [6.07, 6.45) is 9.48. The molecular weight excluding hydrogens is 711 g/mol. The number of amides is 1. The van der Waals surface area contributed by atoms with E-state index < -0.39 is 11.7 Å². The van der Waals surface area contributed by atoms with E-state index in [4.69, 9.17) is 24.2 Å². The second kappa shape index (κ2) is 15.6. The van der Waals surface area contributed by atoms with E-state index in [-0.39, 0.29) is 24.6 Å². The molecular formula is C43H51N7O6. The number of carboxylic acid groups (broad SMARTS) is 1. The Bertz CT molecular complexity index is 2230. The fraction of sp³-hybridized carbons (Fsp3) is 0.488. The topological polar surface area (TPSA) is 138 Å². The Labute approximate surface area is 326 Å². The van der Waals surface area contributed by atoms with Gasteiger partial charge >= 0.3 is 6.09 Å². The van der Waals surface area contributed by atoms with E-state index in [1.54, 1.807) is 11.6 Å². The zero-order valence-corrected chi connectivity index (χ0v) is 32.1. The third kappa shape index (κ3) is 7.40. The number of benzene rings is 2. The minimum absolute atomic E-state index is 0.0685. The lowest BCUT2D eigenvalue weighted by Gasteiger charge is -2.39. The van der Waals surface area contributed by atoms with Gasteiger partial charge < -0.3 is 38.7 Å². The number of pyridine rings is 1. The quantitative estimate of drug-likeness (QED) is 0.166. The number of H-pyrrole nitrogens is 1. The van der Waals surface area contributed by atoms with Crippen LogP contribution in [-0.2, 0) is 26.9 Å². The molecule has 2 aromatic carbocycles. The maximum absolute atomic E-state index is 13.0. The summed E-state index contributed by atoms with van der Waals surface area (Å²) in [6.45, 7) is 6.19. The van der Waals surface area contributed by atoms with E-state index in [0.717, 1.165) is 116 Å². The van der Waals surface area contributed by atoms with Gasteiger partial charge in [-0.15, -0.1) is 0 Å². The van der Waals surface area contributed by atoms with Crippen molar-refractivity contribution < 1.29 is 24.1 Å². The van der Waals surface area contributed by atoms with Crippen LogP contribution in [0.4, 0.5) is 10.7 Å². The zero-order valence-electron chi connectivity index (χ0n) is 32.1. The summed E-state index contributed by atoms with van der Waals surface area (Å²) in [5, 5.41) is 11.1. The van der Waals surface area contributed by atoms with Gasteiger partial charge in [0.15, 0.2) is 11.9 Å². The Hall–Kier alpha value is -4.82. The SMILES string of the molecule is Cn1cc(-c2ccc3nc(N4CCC(CN5CCN(C(=O)O)CC5)CC4)nc(C(COC4CCCCO4)(OC4CC4)c4ccccc4)c3c2)c2cc[nH]c2c1=O. The van der Waals surface area contributed by atoms with Crippen LogP contribution in [0.25, 0.3) is 32.9 Å². The molecule has 13 heteroatoms. The second-order valence-electron chi connectivity index (χ2n) is 15.9. The Morgan fingerprint density at radius 1 is 0.946 bits per heavy atom. The highest BCUT2D eigenvalue weighted by Crippen LogP contribution is 2.44. The number of aromatic nitrogens is 4. The van der Waals surface area contributed by atoms with Crippen LogP contribution in [0.2, 0.25) is 0 Å². The van der Waals surface area contributed by atoms with E-state index in [9.17, 15) is 14.7 Å². The maximum atomic E-state index is 13.0. The van der Waals surface area contributed by atoms with Crippen molar-refractivity contribution in [3.05, 3.63) is 88.6 Å². The molecule has 4 fully saturated rings. The predicted molar refractivity (Wildman–Crippen MR) is 214 cm³/mol. The molecule has 1 saturated carbocycles. The normalized spacial score (nSPS) is 21.1. The van der Waals surface area contributed by atoms with E-state index in [0.29, 0.717) is 37.1 Å². The molecule has 3 aliphatic heterocycles. The van der Waals surface area contributed by atoms with Gasteiger partial charge in [0, 0.05) is 88.2 Å². The van der Waals surface area contributed by atoms with Gasteiger partial charge in [0.25, 0.3) is 5.56 Å².